The molecular weight excluding hydrogens is 303 g/mol. The Morgan fingerprint density at radius 2 is 1.95 bits per heavy atom. The van der Waals surface area contributed by atoms with E-state index in [2.05, 4.69) is 10.6 Å². The fraction of sp³-hybridized carbons (Fsp3) is 0.385. The highest BCUT2D eigenvalue weighted by molar-refractivity contribution is 6.35. The number of amides is 2. The molecule has 1 rings (SSSR count). The molecule has 20 heavy (non-hydrogen) atoms. The number of ether oxygens (including phenoxy) is 1. The summed E-state index contributed by atoms with van der Waals surface area (Å²) in [6.45, 7) is 0.766. The maximum absolute atomic E-state index is 11.7. The third kappa shape index (κ3) is 6.23. The second kappa shape index (κ2) is 8.79. The lowest BCUT2D eigenvalue weighted by molar-refractivity contribution is -0.125. The Bertz CT molecular complexity index is 481. The van der Waals surface area contributed by atoms with Gasteiger partial charge in [-0.05, 0) is 17.7 Å². The minimum atomic E-state index is -0.281. The maximum Gasteiger partial charge on any atom is 0.239 e. The van der Waals surface area contributed by atoms with E-state index < -0.39 is 0 Å². The lowest BCUT2D eigenvalue weighted by Gasteiger charge is -2.07. The van der Waals surface area contributed by atoms with Gasteiger partial charge < -0.3 is 15.4 Å². The van der Waals surface area contributed by atoms with Crippen molar-refractivity contribution in [2.24, 2.45) is 0 Å². The van der Waals surface area contributed by atoms with Crippen molar-refractivity contribution in [2.75, 3.05) is 26.8 Å². The van der Waals surface area contributed by atoms with Gasteiger partial charge in [0.25, 0.3) is 0 Å². The number of carbonyl (C=O) groups is 2. The molecule has 0 bridgehead atoms. The Balaban J connectivity index is 2.34. The molecule has 0 fully saturated rings. The van der Waals surface area contributed by atoms with Gasteiger partial charge in [0.1, 0.15) is 0 Å². The first-order valence-electron chi connectivity index (χ1n) is 5.99. The minimum absolute atomic E-state index is 0.0756. The van der Waals surface area contributed by atoms with Gasteiger partial charge in [-0.25, -0.2) is 0 Å². The van der Waals surface area contributed by atoms with Gasteiger partial charge >= 0.3 is 0 Å². The van der Waals surface area contributed by atoms with Gasteiger partial charge in [-0.1, -0.05) is 29.3 Å². The molecule has 0 aliphatic heterocycles. The number of hydrogen-bond donors (Lipinski definition) is 2. The third-order valence-electron chi connectivity index (χ3n) is 2.44. The van der Waals surface area contributed by atoms with Crippen LogP contribution in [0.1, 0.15) is 5.56 Å². The number of carbonyl (C=O) groups excluding carboxylic acids is 2. The Kier molecular flexibility index (Phi) is 7.36. The molecule has 0 aliphatic carbocycles. The summed E-state index contributed by atoms with van der Waals surface area (Å²) in [5, 5.41) is 6.05. The van der Waals surface area contributed by atoms with E-state index >= 15 is 0 Å². The topological polar surface area (TPSA) is 67.4 Å². The molecule has 0 atom stereocenters. The van der Waals surface area contributed by atoms with Crippen LogP contribution in [-0.2, 0) is 20.7 Å². The number of halogens is 2. The molecule has 0 unspecified atom stereocenters. The zero-order chi connectivity index (χ0) is 15.0. The highest BCUT2D eigenvalue weighted by Gasteiger charge is 2.09. The van der Waals surface area contributed by atoms with E-state index in [0.29, 0.717) is 28.8 Å². The van der Waals surface area contributed by atoms with Gasteiger partial charge in [0, 0.05) is 23.7 Å². The number of methoxy groups -OCH3 is 1. The lowest BCUT2D eigenvalue weighted by Crippen LogP contribution is -2.38. The molecule has 0 heterocycles. The van der Waals surface area contributed by atoms with Gasteiger partial charge in [-0.3, -0.25) is 9.59 Å². The number of rotatable bonds is 7. The summed E-state index contributed by atoms with van der Waals surface area (Å²) < 4.78 is 4.79. The molecule has 0 saturated heterocycles. The largest absolute Gasteiger partial charge is 0.383 e. The van der Waals surface area contributed by atoms with Crippen LogP contribution in [0.3, 0.4) is 0 Å². The van der Waals surface area contributed by atoms with Crippen molar-refractivity contribution in [1.29, 1.82) is 0 Å². The van der Waals surface area contributed by atoms with Crippen LogP contribution in [0.15, 0.2) is 18.2 Å². The molecule has 5 nitrogen and oxygen atoms in total. The summed E-state index contributed by atoms with van der Waals surface area (Å²) in [5.41, 5.74) is 0.661. The number of nitrogens with one attached hydrogen (secondary N) is 2. The fourth-order valence-corrected chi connectivity index (χ4v) is 1.91. The smallest absolute Gasteiger partial charge is 0.239 e. The third-order valence-corrected chi connectivity index (χ3v) is 3.03. The van der Waals surface area contributed by atoms with Crippen molar-refractivity contribution in [3.63, 3.8) is 0 Å². The van der Waals surface area contributed by atoms with Gasteiger partial charge in [0.2, 0.25) is 11.8 Å². The Labute approximate surface area is 127 Å². The highest BCUT2D eigenvalue weighted by atomic mass is 35.5. The summed E-state index contributed by atoms with van der Waals surface area (Å²) >= 11 is 11.7. The van der Waals surface area contributed by atoms with Crippen molar-refractivity contribution >= 4 is 35.0 Å². The standard InChI is InChI=1S/C13H16Cl2N2O3/c1-20-5-4-16-13(19)8-17-12(18)6-9-2-3-10(14)7-11(9)15/h2-3,7H,4-6,8H2,1H3,(H,16,19)(H,17,18). The molecular formula is C13H16Cl2N2O3. The zero-order valence-corrected chi connectivity index (χ0v) is 12.6. The van der Waals surface area contributed by atoms with Crippen LogP contribution in [0, 0.1) is 0 Å². The van der Waals surface area contributed by atoms with Crippen molar-refractivity contribution in [1.82, 2.24) is 10.6 Å². The Morgan fingerprint density at radius 1 is 1.20 bits per heavy atom. The molecule has 0 spiro atoms. The molecule has 1 aromatic carbocycles. The van der Waals surface area contributed by atoms with Gasteiger partial charge in [0.15, 0.2) is 0 Å². The van der Waals surface area contributed by atoms with Crippen LogP contribution in [0.5, 0.6) is 0 Å². The second-order valence-corrected chi connectivity index (χ2v) is 4.88. The average Bonchev–Trinajstić information content (AvgIpc) is 2.40. The van der Waals surface area contributed by atoms with Crippen molar-refractivity contribution in [2.45, 2.75) is 6.42 Å². The van der Waals surface area contributed by atoms with Crippen LogP contribution in [0.2, 0.25) is 10.0 Å². The molecule has 0 saturated carbocycles. The first kappa shape index (κ1) is 16.8. The summed E-state index contributed by atoms with van der Waals surface area (Å²) in [7, 11) is 1.55. The quantitative estimate of drug-likeness (QED) is 0.747. The van der Waals surface area contributed by atoms with Gasteiger partial charge in [-0.2, -0.15) is 0 Å². The molecule has 7 heteroatoms. The van der Waals surface area contributed by atoms with Crippen molar-refractivity contribution < 1.29 is 14.3 Å². The zero-order valence-electron chi connectivity index (χ0n) is 11.0. The molecule has 0 aromatic heterocycles. The fourth-order valence-electron chi connectivity index (χ4n) is 1.43. The molecule has 2 N–H and O–H groups in total. The molecule has 0 radical (unpaired) electrons. The van der Waals surface area contributed by atoms with E-state index in [1.165, 1.54) is 0 Å². The van der Waals surface area contributed by atoms with Crippen molar-refractivity contribution in [3.05, 3.63) is 33.8 Å². The monoisotopic (exact) mass is 318 g/mol. The van der Waals surface area contributed by atoms with E-state index in [4.69, 9.17) is 27.9 Å². The Morgan fingerprint density at radius 3 is 2.60 bits per heavy atom. The summed E-state index contributed by atoms with van der Waals surface area (Å²) in [6, 6.07) is 4.92. The van der Waals surface area contributed by atoms with Gasteiger partial charge in [0.05, 0.1) is 19.6 Å². The van der Waals surface area contributed by atoms with E-state index in [-0.39, 0.29) is 24.8 Å². The maximum atomic E-state index is 11.7. The second-order valence-electron chi connectivity index (χ2n) is 4.03. The first-order valence-corrected chi connectivity index (χ1v) is 6.74. The van der Waals surface area contributed by atoms with Crippen LogP contribution in [0.25, 0.3) is 0 Å². The van der Waals surface area contributed by atoms with Crippen LogP contribution in [-0.4, -0.2) is 38.6 Å². The first-order chi connectivity index (χ1) is 9.52. The lowest BCUT2D eigenvalue weighted by atomic mass is 10.1. The van der Waals surface area contributed by atoms with E-state index in [1.807, 2.05) is 0 Å². The number of benzene rings is 1. The highest BCUT2D eigenvalue weighted by Crippen LogP contribution is 2.21. The van der Waals surface area contributed by atoms with Gasteiger partial charge in [-0.15, -0.1) is 0 Å². The summed E-state index contributed by atoms with van der Waals surface area (Å²) in [6.07, 6.45) is 0.0986. The Hall–Kier alpha value is -1.30. The normalized spacial score (nSPS) is 10.2. The van der Waals surface area contributed by atoms with Crippen LogP contribution in [0.4, 0.5) is 0 Å². The van der Waals surface area contributed by atoms with E-state index in [0.717, 1.165) is 0 Å². The average molecular weight is 319 g/mol. The molecule has 0 aliphatic rings. The SMILES string of the molecule is COCCNC(=O)CNC(=O)Cc1ccc(Cl)cc1Cl. The molecule has 2 amide bonds. The predicted molar refractivity (Wildman–Crippen MR) is 78.1 cm³/mol. The summed E-state index contributed by atoms with van der Waals surface area (Å²) in [4.78, 5) is 23.0. The molecule has 1 aromatic rings. The van der Waals surface area contributed by atoms with Crippen LogP contribution < -0.4 is 10.6 Å². The summed E-state index contributed by atoms with van der Waals surface area (Å²) in [5.74, 6) is -0.547. The van der Waals surface area contributed by atoms with E-state index in [9.17, 15) is 9.59 Å². The van der Waals surface area contributed by atoms with Crippen molar-refractivity contribution in [3.8, 4) is 0 Å². The molecule has 110 valence electrons. The number of hydrogen-bond acceptors (Lipinski definition) is 3. The van der Waals surface area contributed by atoms with Crippen LogP contribution >= 0.6 is 23.2 Å². The predicted octanol–water partition coefficient (Wildman–Crippen LogP) is 1.41. The van der Waals surface area contributed by atoms with E-state index in [1.54, 1.807) is 25.3 Å². The minimum Gasteiger partial charge on any atom is -0.383 e.